The van der Waals surface area contributed by atoms with Crippen molar-refractivity contribution in [2.24, 2.45) is 0 Å². The summed E-state index contributed by atoms with van der Waals surface area (Å²) in [6.45, 7) is 1.67. The summed E-state index contributed by atoms with van der Waals surface area (Å²) in [5, 5.41) is 8.76. The van der Waals surface area contributed by atoms with Crippen molar-refractivity contribution in [1.82, 2.24) is 0 Å². The van der Waals surface area contributed by atoms with Crippen molar-refractivity contribution >= 4 is 5.97 Å². The average molecular weight is 225 g/mol. The molecule has 1 atom stereocenters. The predicted molar refractivity (Wildman–Crippen MR) is 51.3 cm³/mol. The van der Waals surface area contributed by atoms with Crippen molar-refractivity contribution in [1.29, 1.82) is 5.26 Å². The Labute approximate surface area is 91.3 Å². The molecule has 0 saturated heterocycles. The third-order valence-corrected chi connectivity index (χ3v) is 1.92. The second-order valence-corrected chi connectivity index (χ2v) is 2.98. The highest BCUT2D eigenvalue weighted by Gasteiger charge is 2.24. The van der Waals surface area contributed by atoms with Crippen molar-refractivity contribution in [2.45, 2.75) is 12.8 Å². The van der Waals surface area contributed by atoms with Gasteiger partial charge in [-0.15, -0.1) is 0 Å². The molecular formula is C11H9F2NO2. The van der Waals surface area contributed by atoms with Crippen molar-refractivity contribution < 1.29 is 18.3 Å². The van der Waals surface area contributed by atoms with Gasteiger partial charge >= 0.3 is 5.97 Å². The lowest BCUT2D eigenvalue weighted by molar-refractivity contribution is -0.143. The lowest BCUT2D eigenvalue weighted by atomic mass is 10.0. The Bertz CT molecular complexity index is 440. The van der Waals surface area contributed by atoms with Crippen LogP contribution < -0.4 is 0 Å². The number of esters is 1. The first-order valence-electron chi connectivity index (χ1n) is 4.61. The number of carbonyl (C=O) groups is 1. The lowest BCUT2D eigenvalue weighted by Crippen LogP contribution is -2.15. The van der Waals surface area contributed by atoms with Crippen LogP contribution in [0.3, 0.4) is 0 Å². The van der Waals surface area contributed by atoms with Gasteiger partial charge in [0.2, 0.25) is 0 Å². The van der Waals surface area contributed by atoms with Gasteiger partial charge in [0.05, 0.1) is 12.7 Å². The van der Waals surface area contributed by atoms with Gasteiger partial charge in [0.15, 0.2) is 5.92 Å². The van der Waals surface area contributed by atoms with Crippen LogP contribution in [0.1, 0.15) is 18.4 Å². The van der Waals surface area contributed by atoms with Gasteiger partial charge in [-0.25, -0.2) is 8.78 Å². The molecule has 0 amide bonds. The van der Waals surface area contributed by atoms with Gasteiger partial charge in [-0.3, -0.25) is 4.79 Å². The quantitative estimate of drug-likeness (QED) is 0.740. The van der Waals surface area contributed by atoms with Crippen LogP contribution in [0.5, 0.6) is 0 Å². The summed E-state index contributed by atoms with van der Waals surface area (Å²) in [6, 6.07) is 4.30. The molecule has 0 aromatic heterocycles. The van der Waals surface area contributed by atoms with E-state index in [-0.39, 0.29) is 12.2 Å². The number of carbonyl (C=O) groups excluding carboxylic acids is 1. The first-order valence-corrected chi connectivity index (χ1v) is 4.61. The maximum Gasteiger partial charge on any atom is 0.328 e. The molecule has 0 saturated carbocycles. The summed E-state index contributed by atoms with van der Waals surface area (Å²) < 4.78 is 30.5. The number of hydrogen-bond donors (Lipinski definition) is 0. The van der Waals surface area contributed by atoms with Crippen LogP contribution in [0.25, 0.3) is 0 Å². The lowest BCUT2D eigenvalue weighted by Gasteiger charge is -2.09. The molecule has 0 bridgehead atoms. The Morgan fingerprint density at radius 1 is 1.56 bits per heavy atom. The Balaban J connectivity index is 3.05. The van der Waals surface area contributed by atoms with Crippen molar-refractivity contribution in [3.8, 4) is 6.07 Å². The van der Waals surface area contributed by atoms with E-state index in [2.05, 4.69) is 4.74 Å². The zero-order chi connectivity index (χ0) is 12.1. The Morgan fingerprint density at radius 3 is 2.75 bits per heavy atom. The Hall–Kier alpha value is -1.96. The Morgan fingerprint density at radius 2 is 2.25 bits per heavy atom. The van der Waals surface area contributed by atoms with Gasteiger partial charge < -0.3 is 4.74 Å². The molecule has 0 aliphatic carbocycles. The zero-order valence-corrected chi connectivity index (χ0v) is 8.54. The van der Waals surface area contributed by atoms with Crippen LogP contribution in [0.2, 0.25) is 0 Å². The van der Waals surface area contributed by atoms with Gasteiger partial charge in [0.1, 0.15) is 11.6 Å². The third-order valence-electron chi connectivity index (χ3n) is 1.92. The monoisotopic (exact) mass is 225 g/mol. The molecule has 5 heteroatoms. The molecule has 1 unspecified atom stereocenters. The smallest absolute Gasteiger partial charge is 0.328 e. The highest BCUT2D eigenvalue weighted by molar-refractivity contribution is 5.81. The van der Waals surface area contributed by atoms with Crippen LogP contribution >= 0.6 is 0 Å². The first-order chi connectivity index (χ1) is 7.60. The van der Waals surface area contributed by atoms with Crippen LogP contribution in [0, 0.1) is 23.0 Å². The van der Waals surface area contributed by atoms with Gasteiger partial charge in [-0.2, -0.15) is 5.26 Å². The van der Waals surface area contributed by atoms with Crippen molar-refractivity contribution in [3.05, 3.63) is 35.4 Å². The molecule has 0 heterocycles. The summed E-state index contributed by atoms with van der Waals surface area (Å²) in [4.78, 5) is 11.3. The molecule has 16 heavy (non-hydrogen) atoms. The molecule has 1 aromatic rings. The molecule has 0 spiro atoms. The second-order valence-electron chi connectivity index (χ2n) is 2.98. The Kier molecular flexibility index (Phi) is 3.95. The van der Waals surface area contributed by atoms with E-state index in [1.54, 1.807) is 13.0 Å². The zero-order valence-electron chi connectivity index (χ0n) is 8.54. The topological polar surface area (TPSA) is 50.1 Å². The SMILES string of the molecule is CCOC(=O)C(C#N)c1ccc(F)cc1F. The fourth-order valence-corrected chi connectivity index (χ4v) is 1.21. The minimum Gasteiger partial charge on any atom is -0.465 e. The number of hydrogen-bond acceptors (Lipinski definition) is 3. The van der Waals surface area contributed by atoms with Crippen molar-refractivity contribution in [2.75, 3.05) is 6.61 Å². The maximum absolute atomic E-state index is 13.3. The fourth-order valence-electron chi connectivity index (χ4n) is 1.21. The van der Waals surface area contributed by atoms with E-state index in [1.165, 1.54) is 0 Å². The van der Waals surface area contributed by atoms with Crippen LogP contribution in [-0.2, 0) is 9.53 Å². The summed E-state index contributed by atoms with van der Waals surface area (Å²) in [7, 11) is 0. The number of nitrogens with zero attached hydrogens (tertiary/aromatic N) is 1. The van der Waals surface area contributed by atoms with Crippen LogP contribution in [0.4, 0.5) is 8.78 Å². The second kappa shape index (κ2) is 5.21. The molecule has 0 fully saturated rings. The number of ether oxygens (including phenoxy) is 1. The fraction of sp³-hybridized carbons (Fsp3) is 0.273. The van der Waals surface area contributed by atoms with E-state index in [1.807, 2.05) is 0 Å². The third kappa shape index (κ3) is 2.54. The van der Waals surface area contributed by atoms with Gasteiger partial charge in [0.25, 0.3) is 0 Å². The summed E-state index contributed by atoms with van der Waals surface area (Å²) in [5.74, 6) is -3.89. The predicted octanol–water partition coefficient (Wildman–Crippen LogP) is 2.14. The van der Waals surface area contributed by atoms with E-state index in [4.69, 9.17) is 5.26 Å². The molecule has 84 valence electrons. The molecule has 0 aliphatic rings. The molecular weight excluding hydrogens is 216 g/mol. The first kappa shape index (κ1) is 12.1. The highest BCUT2D eigenvalue weighted by atomic mass is 19.1. The molecule has 0 N–H and O–H groups in total. The largest absolute Gasteiger partial charge is 0.465 e. The van der Waals surface area contributed by atoms with Crippen LogP contribution in [-0.4, -0.2) is 12.6 Å². The molecule has 3 nitrogen and oxygen atoms in total. The van der Waals surface area contributed by atoms with E-state index in [0.29, 0.717) is 6.07 Å². The number of benzene rings is 1. The van der Waals surface area contributed by atoms with E-state index in [9.17, 15) is 13.6 Å². The van der Waals surface area contributed by atoms with Gasteiger partial charge in [0, 0.05) is 11.6 Å². The van der Waals surface area contributed by atoms with Crippen molar-refractivity contribution in [3.63, 3.8) is 0 Å². The van der Waals surface area contributed by atoms with E-state index < -0.39 is 23.5 Å². The summed E-state index contributed by atoms with van der Waals surface area (Å²) in [6.07, 6.45) is 0. The minimum absolute atomic E-state index is 0.0971. The highest BCUT2D eigenvalue weighted by Crippen LogP contribution is 2.21. The average Bonchev–Trinajstić information content (AvgIpc) is 2.22. The minimum atomic E-state index is -1.36. The summed E-state index contributed by atoms with van der Waals surface area (Å²) in [5.41, 5.74) is -0.178. The number of halogens is 2. The van der Waals surface area contributed by atoms with Gasteiger partial charge in [-0.1, -0.05) is 6.07 Å². The molecule has 0 radical (unpaired) electrons. The van der Waals surface area contributed by atoms with E-state index in [0.717, 1.165) is 12.1 Å². The summed E-state index contributed by atoms with van der Waals surface area (Å²) >= 11 is 0. The molecule has 0 aliphatic heterocycles. The van der Waals surface area contributed by atoms with E-state index >= 15 is 0 Å². The maximum atomic E-state index is 13.3. The molecule has 1 rings (SSSR count). The number of rotatable bonds is 3. The molecule has 1 aromatic carbocycles. The normalized spacial score (nSPS) is 11.6. The standard InChI is InChI=1S/C11H9F2NO2/c1-2-16-11(15)9(6-14)8-4-3-7(12)5-10(8)13/h3-5,9H,2H2,1H3. The van der Waals surface area contributed by atoms with Crippen LogP contribution in [0.15, 0.2) is 18.2 Å². The van der Waals surface area contributed by atoms with Gasteiger partial charge in [-0.05, 0) is 13.0 Å². The number of nitriles is 1.